The van der Waals surface area contributed by atoms with Gasteiger partial charge in [0.2, 0.25) is 0 Å². The number of hydrogen-bond acceptors (Lipinski definition) is 3. The minimum absolute atomic E-state index is 0. The summed E-state index contributed by atoms with van der Waals surface area (Å²) in [5.74, 6) is 4.48. The lowest BCUT2D eigenvalue weighted by Crippen LogP contribution is -2.36. The van der Waals surface area contributed by atoms with E-state index in [1.54, 1.807) is 14.2 Å². The van der Waals surface area contributed by atoms with Gasteiger partial charge in [0.15, 0.2) is 17.5 Å². The van der Waals surface area contributed by atoms with Gasteiger partial charge in [0, 0.05) is 20.1 Å². The van der Waals surface area contributed by atoms with Crippen LogP contribution in [0.5, 0.6) is 11.5 Å². The van der Waals surface area contributed by atoms with Crippen molar-refractivity contribution in [2.24, 2.45) is 4.99 Å². The second-order valence-electron chi connectivity index (χ2n) is 5.68. The molecular weight excluding hydrogens is 453 g/mol. The van der Waals surface area contributed by atoms with E-state index in [2.05, 4.69) is 40.6 Å². The molecule has 0 radical (unpaired) electrons. The molecule has 0 unspecified atom stereocenters. The molecule has 2 rings (SSSR count). The van der Waals surface area contributed by atoms with E-state index >= 15 is 0 Å². The average molecular weight is 479 g/mol. The van der Waals surface area contributed by atoms with Gasteiger partial charge < -0.3 is 20.1 Å². The Morgan fingerprint density at radius 3 is 2.52 bits per heavy atom. The zero-order valence-corrected chi connectivity index (χ0v) is 18.2. The Morgan fingerprint density at radius 2 is 1.85 bits per heavy atom. The van der Waals surface area contributed by atoms with Crippen LogP contribution in [0, 0.1) is 19.3 Å². The lowest BCUT2D eigenvalue weighted by atomic mass is 10.1. The highest BCUT2D eigenvalue weighted by Crippen LogP contribution is 2.27. The third-order valence-corrected chi connectivity index (χ3v) is 3.93. The van der Waals surface area contributed by atoms with Crippen molar-refractivity contribution in [3.8, 4) is 23.8 Å². The van der Waals surface area contributed by atoms with Gasteiger partial charge in [-0.2, -0.15) is 0 Å². The van der Waals surface area contributed by atoms with Gasteiger partial charge in [-0.3, -0.25) is 4.99 Å². The molecule has 0 aliphatic carbocycles. The molecule has 0 bridgehead atoms. The number of nitrogens with one attached hydrogen (secondary N) is 2. The van der Waals surface area contributed by atoms with E-state index in [0.29, 0.717) is 24.6 Å². The largest absolute Gasteiger partial charge is 0.493 e. The lowest BCUT2D eigenvalue weighted by Gasteiger charge is -2.14. The van der Waals surface area contributed by atoms with E-state index < -0.39 is 0 Å². The van der Waals surface area contributed by atoms with E-state index in [4.69, 9.17) is 15.9 Å². The summed E-state index contributed by atoms with van der Waals surface area (Å²) in [4.78, 5) is 4.27. The number of rotatable bonds is 7. The molecule has 0 fully saturated rings. The van der Waals surface area contributed by atoms with Gasteiger partial charge in [0.05, 0.1) is 7.11 Å². The first-order valence-electron chi connectivity index (χ1n) is 8.40. The fourth-order valence-electron chi connectivity index (χ4n) is 2.46. The predicted octanol–water partition coefficient (Wildman–Crippen LogP) is 3.50. The summed E-state index contributed by atoms with van der Waals surface area (Å²) in [5.41, 5.74) is 3.53. The maximum atomic E-state index is 5.53. The highest BCUT2D eigenvalue weighted by Gasteiger charge is 2.06. The molecule has 2 aromatic rings. The Bertz CT molecular complexity index is 800. The van der Waals surface area contributed by atoms with Crippen LogP contribution in [0.25, 0.3) is 0 Å². The molecular formula is C21H26IN3O2. The normalized spacial score (nSPS) is 10.4. The van der Waals surface area contributed by atoms with Crippen molar-refractivity contribution in [3.63, 3.8) is 0 Å². The van der Waals surface area contributed by atoms with Gasteiger partial charge in [0.1, 0.15) is 6.61 Å². The number of guanidine groups is 1. The first-order chi connectivity index (χ1) is 12.7. The number of methoxy groups -OCH3 is 1. The van der Waals surface area contributed by atoms with Crippen LogP contribution in [0.15, 0.2) is 47.5 Å². The molecule has 0 heterocycles. The minimum atomic E-state index is 0. The van der Waals surface area contributed by atoms with Crippen LogP contribution in [0.3, 0.4) is 0 Å². The number of aliphatic imine (C=N–C) groups is 1. The lowest BCUT2D eigenvalue weighted by molar-refractivity contribution is 0.330. The molecule has 0 aliphatic rings. The van der Waals surface area contributed by atoms with Crippen molar-refractivity contribution in [1.82, 2.24) is 10.6 Å². The van der Waals surface area contributed by atoms with E-state index in [9.17, 15) is 0 Å². The van der Waals surface area contributed by atoms with Crippen molar-refractivity contribution in [2.45, 2.75) is 20.0 Å². The molecule has 6 heteroatoms. The van der Waals surface area contributed by atoms with Crippen LogP contribution >= 0.6 is 24.0 Å². The van der Waals surface area contributed by atoms with Crippen molar-refractivity contribution in [3.05, 3.63) is 59.2 Å². The molecule has 0 saturated carbocycles. The molecule has 0 aliphatic heterocycles. The van der Waals surface area contributed by atoms with Crippen molar-refractivity contribution < 1.29 is 9.47 Å². The van der Waals surface area contributed by atoms with Crippen molar-refractivity contribution in [2.75, 3.05) is 20.8 Å². The summed E-state index contributed by atoms with van der Waals surface area (Å²) in [6, 6.07) is 14.0. The first kappa shape index (κ1) is 22.6. The highest BCUT2D eigenvalue weighted by atomic mass is 127. The number of aryl methyl sites for hydroxylation is 1. The maximum Gasteiger partial charge on any atom is 0.191 e. The molecule has 0 amide bonds. The van der Waals surface area contributed by atoms with Crippen LogP contribution < -0.4 is 20.1 Å². The number of nitrogens with zero attached hydrogens (tertiary/aromatic N) is 1. The van der Waals surface area contributed by atoms with Crippen LogP contribution in [0.2, 0.25) is 0 Å². The van der Waals surface area contributed by atoms with Gasteiger partial charge in [-0.25, -0.2) is 0 Å². The van der Waals surface area contributed by atoms with E-state index in [0.717, 1.165) is 11.5 Å². The quantitative estimate of drug-likeness (QED) is 0.276. The third-order valence-electron chi connectivity index (χ3n) is 3.93. The second-order valence-corrected chi connectivity index (χ2v) is 5.68. The monoisotopic (exact) mass is 479 g/mol. The predicted molar refractivity (Wildman–Crippen MR) is 121 cm³/mol. The number of ether oxygens (including phenoxy) is 2. The Hall–Kier alpha value is -2.40. The fourth-order valence-corrected chi connectivity index (χ4v) is 2.46. The van der Waals surface area contributed by atoms with Crippen LogP contribution in [0.1, 0.15) is 16.7 Å². The summed E-state index contributed by atoms with van der Waals surface area (Å²) in [7, 11) is 3.36. The second kappa shape index (κ2) is 12.1. The smallest absolute Gasteiger partial charge is 0.191 e. The fraction of sp³-hybridized carbons (Fsp3) is 0.286. The van der Waals surface area contributed by atoms with Gasteiger partial charge in [-0.1, -0.05) is 36.3 Å². The zero-order chi connectivity index (χ0) is 18.8. The van der Waals surface area contributed by atoms with Gasteiger partial charge in [-0.15, -0.1) is 30.4 Å². The summed E-state index contributed by atoms with van der Waals surface area (Å²) in [5, 5.41) is 6.62. The molecule has 0 atom stereocenters. The molecule has 0 spiro atoms. The summed E-state index contributed by atoms with van der Waals surface area (Å²) in [6.07, 6.45) is 5.26. The highest BCUT2D eigenvalue weighted by molar-refractivity contribution is 14.0. The van der Waals surface area contributed by atoms with E-state index in [-0.39, 0.29) is 30.6 Å². The average Bonchev–Trinajstić information content (AvgIpc) is 2.67. The molecule has 5 nitrogen and oxygen atoms in total. The number of hydrogen-bond donors (Lipinski definition) is 2. The van der Waals surface area contributed by atoms with E-state index in [1.165, 1.54) is 11.1 Å². The topological polar surface area (TPSA) is 54.9 Å². The van der Waals surface area contributed by atoms with Crippen molar-refractivity contribution in [1.29, 1.82) is 0 Å². The van der Waals surface area contributed by atoms with Gasteiger partial charge >= 0.3 is 0 Å². The summed E-state index contributed by atoms with van der Waals surface area (Å²) in [6.45, 7) is 3.62. The molecule has 27 heavy (non-hydrogen) atoms. The van der Waals surface area contributed by atoms with Crippen LogP contribution in [-0.2, 0) is 13.1 Å². The minimum Gasteiger partial charge on any atom is -0.493 e. The number of halogens is 1. The summed E-state index contributed by atoms with van der Waals surface area (Å²) >= 11 is 0. The van der Waals surface area contributed by atoms with Crippen LogP contribution in [0.4, 0.5) is 0 Å². The van der Waals surface area contributed by atoms with Gasteiger partial charge in [0.25, 0.3) is 0 Å². The first-order valence-corrected chi connectivity index (χ1v) is 8.40. The molecule has 0 aromatic heterocycles. The third kappa shape index (κ3) is 7.02. The Labute approximate surface area is 178 Å². The standard InChI is InChI=1S/C21H25N3O2.HI/c1-5-12-26-20-13-17(10-11-19(20)25-4)14-23-21(22-3)24-15-18-9-7-6-8-16(18)2;/h1,6-11,13H,12,14-15H2,2-4H3,(H2,22,23,24);1H. The number of benzene rings is 2. The molecule has 2 N–H and O–H groups in total. The molecule has 144 valence electrons. The van der Waals surface area contributed by atoms with Crippen LogP contribution in [-0.4, -0.2) is 26.7 Å². The maximum absolute atomic E-state index is 5.53. The van der Waals surface area contributed by atoms with Gasteiger partial charge in [-0.05, 0) is 35.7 Å². The van der Waals surface area contributed by atoms with Crippen molar-refractivity contribution >= 4 is 29.9 Å². The Morgan fingerprint density at radius 1 is 1.11 bits per heavy atom. The Balaban J connectivity index is 0.00000364. The zero-order valence-electron chi connectivity index (χ0n) is 15.9. The molecule has 2 aromatic carbocycles. The molecule has 0 saturated heterocycles. The Kier molecular flexibility index (Phi) is 10.1. The SMILES string of the molecule is C#CCOc1cc(CNC(=NC)NCc2ccccc2C)ccc1OC.I. The number of terminal acetylenes is 1. The summed E-state index contributed by atoms with van der Waals surface area (Å²) < 4.78 is 10.8. The van der Waals surface area contributed by atoms with E-state index in [1.807, 2.05) is 30.3 Å².